The number of hydrogen-bond donors (Lipinski definition) is 4. The third-order valence-electron chi connectivity index (χ3n) is 10.6. The maximum Gasteiger partial charge on any atom is 0.289 e. The van der Waals surface area contributed by atoms with Gasteiger partial charge in [0.1, 0.15) is 35.7 Å². The van der Waals surface area contributed by atoms with E-state index in [-0.39, 0.29) is 43.5 Å². The summed E-state index contributed by atoms with van der Waals surface area (Å²) in [6.07, 6.45) is 10.4. The molecule has 1 unspecified atom stereocenters. The van der Waals surface area contributed by atoms with E-state index in [1.54, 1.807) is 45.0 Å². The Balaban J connectivity index is 0.00000233. The van der Waals surface area contributed by atoms with E-state index in [4.69, 9.17) is 10.00 Å². The summed E-state index contributed by atoms with van der Waals surface area (Å²) in [5, 5.41) is 20.4. The minimum absolute atomic E-state index is 0.0106. The van der Waals surface area contributed by atoms with Crippen LogP contribution >= 0.6 is 0 Å². The Morgan fingerprint density at radius 1 is 0.917 bits per heavy atom. The largest absolute Gasteiger partial charge is 0.488 e. The van der Waals surface area contributed by atoms with Gasteiger partial charge in [-0.2, -0.15) is 5.26 Å². The number of Topliss-reactive ketones (excluding diaryl/α,β-unsaturated/α-hetero) is 1. The molecule has 15 heteroatoms. The topological polar surface area (TPSA) is 213 Å². The highest BCUT2D eigenvalue weighted by molar-refractivity contribution is 6.38. The number of nitriles is 1. The molecule has 3 fully saturated rings. The minimum Gasteiger partial charge on any atom is -0.488 e. The van der Waals surface area contributed by atoms with Crippen LogP contribution in [0.3, 0.4) is 0 Å². The van der Waals surface area contributed by atoms with Crippen molar-refractivity contribution >= 4 is 35.3 Å². The van der Waals surface area contributed by atoms with Gasteiger partial charge in [0.15, 0.2) is 0 Å². The molecule has 2 aromatic rings. The van der Waals surface area contributed by atoms with Crippen LogP contribution in [0.1, 0.15) is 136 Å². The summed E-state index contributed by atoms with van der Waals surface area (Å²) in [4.78, 5) is 91.9. The van der Waals surface area contributed by atoms with Crippen molar-refractivity contribution in [2.24, 2.45) is 11.3 Å². The van der Waals surface area contributed by atoms with Crippen LogP contribution in [0.5, 0.6) is 5.75 Å². The van der Waals surface area contributed by atoms with Gasteiger partial charge in [0.2, 0.25) is 23.5 Å². The molecule has 3 aliphatic rings. The molecule has 0 bridgehead atoms. The van der Waals surface area contributed by atoms with E-state index in [9.17, 15) is 28.8 Å². The van der Waals surface area contributed by atoms with Crippen molar-refractivity contribution in [1.29, 1.82) is 5.26 Å². The van der Waals surface area contributed by atoms with Crippen molar-refractivity contribution in [3.8, 4) is 11.8 Å². The highest BCUT2D eigenvalue weighted by atomic mass is 16.5. The Kier molecular flexibility index (Phi) is 19.6. The SMILES string of the molecule is CC.CC.CCC[C@H](NC(=O)[C@@H]1C[C@@H](Oc2ccc(CC#N)cc2)CN1C(=O)[C@@H](NC(=O)C(NC(=O)c1cnccn1)C1CCCCC1)C(C)(C)C)C(=O)C(=O)NC1CC1. The number of ketones is 1. The van der Waals surface area contributed by atoms with E-state index in [1.807, 2.05) is 34.6 Å². The summed E-state index contributed by atoms with van der Waals surface area (Å²) in [7, 11) is 0. The Labute approximate surface area is 355 Å². The van der Waals surface area contributed by atoms with Gasteiger partial charge in [-0.1, -0.05) is 93.2 Å². The maximum absolute atomic E-state index is 14.8. The minimum atomic E-state index is -1.13. The van der Waals surface area contributed by atoms with Gasteiger partial charge in [0.25, 0.3) is 11.8 Å². The average Bonchev–Trinajstić information content (AvgIpc) is 3.98. The molecule has 0 spiro atoms. The van der Waals surface area contributed by atoms with E-state index in [2.05, 4.69) is 37.3 Å². The molecule has 328 valence electrons. The number of ether oxygens (including phenoxy) is 1. The number of amides is 5. The van der Waals surface area contributed by atoms with Gasteiger partial charge in [-0.3, -0.25) is 33.8 Å². The van der Waals surface area contributed by atoms with Crippen molar-refractivity contribution in [2.75, 3.05) is 6.54 Å². The van der Waals surface area contributed by atoms with Gasteiger partial charge in [0.05, 0.1) is 31.3 Å². The van der Waals surface area contributed by atoms with Gasteiger partial charge >= 0.3 is 0 Å². The highest BCUT2D eigenvalue weighted by Gasteiger charge is 2.47. The van der Waals surface area contributed by atoms with E-state index < -0.39 is 71.0 Å². The van der Waals surface area contributed by atoms with E-state index in [0.717, 1.165) is 37.7 Å². The van der Waals surface area contributed by atoms with Crippen LogP contribution in [-0.2, 0) is 30.4 Å². The Hall–Kier alpha value is -5.39. The van der Waals surface area contributed by atoms with Crippen LogP contribution in [0.2, 0.25) is 0 Å². The first-order chi connectivity index (χ1) is 28.8. The maximum atomic E-state index is 14.8. The molecule has 2 aliphatic carbocycles. The predicted molar refractivity (Wildman–Crippen MR) is 227 cm³/mol. The Morgan fingerprint density at radius 3 is 2.15 bits per heavy atom. The molecular formula is C45H66N8O7. The smallest absolute Gasteiger partial charge is 0.289 e. The second-order valence-electron chi connectivity index (χ2n) is 16.2. The summed E-state index contributed by atoms with van der Waals surface area (Å²) in [5.41, 5.74) is 0.0173. The van der Waals surface area contributed by atoms with E-state index in [1.165, 1.54) is 23.5 Å². The molecule has 1 aromatic heterocycles. The number of hydrogen-bond acceptors (Lipinski definition) is 10. The number of carbonyl (C=O) groups excluding carboxylic acids is 6. The first kappa shape index (κ1) is 49.0. The quantitative estimate of drug-likeness (QED) is 0.167. The fraction of sp³-hybridized carbons (Fsp3) is 0.622. The van der Waals surface area contributed by atoms with Crippen LogP contribution < -0.4 is 26.0 Å². The first-order valence-electron chi connectivity index (χ1n) is 21.7. The van der Waals surface area contributed by atoms with Crippen molar-refractivity contribution in [3.63, 3.8) is 0 Å². The van der Waals surface area contributed by atoms with E-state index in [0.29, 0.717) is 25.0 Å². The number of benzene rings is 1. The predicted octanol–water partition coefficient (Wildman–Crippen LogP) is 4.99. The Bertz CT molecular complexity index is 1770. The second-order valence-corrected chi connectivity index (χ2v) is 16.2. The van der Waals surface area contributed by atoms with Gasteiger partial charge in [-0.15, -0.1) is 0 Å². The number of carbonyl (C=O) groups is 6. The molecule has 1 saturated heterocycles. The molecule has 4 N–H and O–H groups in total. The van der Waals surface area contributed by atoms with Crippen molar-refractivity contribution in [3.05, 3.63) is 54.1 Å². The van der Waals surface area contributed by atoms with Crippen LogP contribution in [0.15, 0.2) is 42.9 Å². The third kappa shape index (κ3) is 14.1. The van der Waals surface area contributed by atoms with Gasteiger partial charge in [0, 0.05) is 24.9 Å². The summed E-state index contributed by atoms with van der Waals surface area (Å²) in [6.45, 7) is 15.2. The zero-order chi connectivity index (χ0) is 44.4. The molecular weight excluding hydrogens is 765 g/mol. The normalized spacial score (nSPS) is 18.9. The average molecular weight is 831 g/mol. The zero-order valence-corrected chi connectivity index (χ0v) is 36.7. The number of rotatable bonds is 16. The monoisotopic (exact) mass is 831 g/mol. The fourth-order valence-electron chi connectivity index (χ4n) is 7.36. The second kappa shape index (κ2) is 24.0. The molecule has 0 radical (unpaired) electrons. The molecule has 5 amide bonds. The van der Waals surface area contributed by atoms with Crippen LogP contribution in [0.25, 0.3) is 0 Å². The fourth-order valence-corrected chi connectivity index (χ4v) is 7.36. The number of likely N-dealkylation sites (tertiary alicyclic amines) is 1. The first-order valence-corrected chi connectivity index (χ1v) is 21.7. The third-order valence-corrected chi connectivity index (χ3v) is 10.6. The lowest BCUT2D eigenvalue weighted by Gasteiger charge is -2.37. The molecule has 1 aromatic carbocycles. The van der Waals surface area contributed by atoms with Crippen molar-refractivity contribution in [1.82, 2.24) is 36.1 Å². The van der Waals surface area contributed by atoms with Crippen LogP contribution in [0, 0.1) is 22.7 Å². The van der Waals surface area contributed by atoms with Crippen LogP contribution in [0.4, 0.5) is 0 Å². The summed E-state index contributed by atoms with van der Waals surface area (Å²) in [6, 6.07) is 4.77. The molecule has 5 rings (SSSR count). The molecule has 60 heavy (non-hydrogen) atoms. The summed E-state index contributed by atoms with van der Waals surface area (Å²) < 4.78 is 6.27. The van der Waals surface area contributed by atoms with Crippen molar-refractivity contribution in [2.45, 2.75) is 162 Å². The molecule has 2 heterocycles. The number of nitrogens with zero attached hydrogens (tertiary/aromatic N) is 4. The summed E-state index contributed by atoms with van der Waals surface area (Å²) in [5.74, 6) is -3.41. The lowest BCUT2D eigenvalue weighted by Crippen LogP contribution is -2.62. The van der Waals surface area contributed by atoms with Crippen molar-refractivity contribution < 1.29 is 33.5 Å². The number of nitrogens with one attached hydrogen (secondary N) is 4. The lowest BCUT2D eigenvalue weighted by atomic mass is 9.82. The molecule has 2 saturated carbocycles. The zero-order valence-electron chi connectivity index (χ0n) is 36.7. The van der Waals surface area contributed by atoms with Gasteiger partial charge in [-0.05, 0) is 61.1 Å². The molecule has 5 atom stereocenters. The Morgan fingerprint density at radius 2 is 1.58 bits per heavy atom. The molecule has 15 nitrogen and oxygen atoms in total. The number of aromatic nitrogens is 2. The molecule has 1 aliphatic heterocycles. The highest BCUT2D eigenvalue weighted by Crippen LogP contribution is 2.31. The van der Waals surface area contributed by atoms with Gasteiger partial charge in [-0.25, -0.2) is 4.98 Å². The standard InChI is InChI=1S/C41H54N8O7.2C2H6/c1-5-9-30(34(50)39(54)45-27-14-15-27)46-37(52)32-22-29(56-28-16-12-25(13-17-28)18-19-42)24-49(32)40(55)35(41(2,3)4)48-38(53)33(26-10-7-6-8-11-26)47-36(51)31-23-43-20-21-44-31;2*1-2/h12-13,16-17,20-21,23,26-27,29-30,32-33,35H,5-11,14-15,18,22,24H2,1-4H3,(H,45,54)(H,46,52)(H,47,51)(H,48,53);2*1-2H3/t29-,30+,32+,33?,35-;;/m1../s1. The van der Waals surface area contributed by atoms with Crippen LogP contribution in [-0.4, -0.2) is 93.0 Å². The van der Waals surface area contributed by atoms with Gasteiger partial charge < -0.3 is 30.9 Å². The van der Waals surface area contributed by atoms with E-state index >= 15 is 0 Å². The lowest BCUT2D eigenvalue weighted by molar-refractivity contribution is -0.145. The summed E-state index contributed by atoms with van der Waals surface area (Å²) >= 11 is 0.